The van der Waals surface area contributed by atoms with Gasteiger partial charge in [-0.25, -0.2) is 0 Å². The maximum atomic E-state index is 11.2. The Morgan fingerprint density at radius 1 is 1.30 bits per heavy atom. The number of aryl methyl sites for hydroxylation is 2. The molecule has 4 nitrogen and oxygen atoms in total. The van der Waals surface area contributed by atoms with Gasteiger partial charge >= 0.3 is 0 Å². The van der Waals surface area contributed by atoms with Gasteiger partial charge in [-0.2, -0.15) is 0 Å². The molecule has 0 amide bonds. The lowest BCUT2D eigenvalue weighted by Gasteiger charge is -2.17. The largest absolute Gasteiger partial charge is 0.490 e. The van der Waals surface area contributed by atoms with Gasteiger partial charge in [-0.1, -0.05) is 18.2 Å². The van der Waals surface area contributed by atoms with E-state index in [9.17, 15) is 9.32 Å². The van der Waals surface area contributed by atoms with E-state index in [-0.39, 0.29) is 11.9 Å². The van der Waals surface area contributed by atoms with Crippen LogP contribution in [0.3, 0.4) is 0 Å². The van der Waals surface area contributed by atoms with Gasteiger partial charge in [0.1, 0.15) is 18.5 Å². The van der Waals surface area contributed by atoms with Crippen molar-refractivity contribution < 1.29 is 14.1 Å². The molecule has 0 heterocycles. The molecule has 0 bridgehead atoms. The Morgan fingerprint density at radius 3 is 2.45 bits per heavy atom. The average Bonchev–Trinajstić information content (AvgIpc) is 2.37. The van der Waals surface area contributed by atoms with Crippen molar-refractivity contribution in [2.24, 2.45) is 0 Å². The molecule has 1 rings (SSSR count). The normalized spacial score (nSPS) is 15.7. The molecule has 1 aromatic carbocycles. The zero-order chi connectivity index (χ0) is 15.1. The molecule has 2 N–H and O–H groups in total. The first-order valence-electron chi connectivity index (χ1n) is 6.81. The molecule has 0 radical (unpaired) electrons. The number of rotatable bonds is 8. The third-order valence-electron chi connectivity index (χ3n) is 3.21. The van der Waals surface area contributed by atoms with Crippen molar-refractivity contribution in [3.05, 3.63) is 29.3 Å². The van der Waals surface area contributed by atoms with Gasteiger partial charge in [0.15, 0.2) is 0 Å². The second-order valence-corrected chi connectivity index (χ2v) is 6.96. The molecule has 0 saturated heterocycles. The van der Waals surface area contributed by atoms with E-state index in [1.54, 1.807) is 6.26 Å². The fraction of sp³-hybridized carbons (Fsp3) is 0.600. The average molecular weight is 299 g/mol. The molecule has 0 aliphatic carbocycles. The van der Waals surface area contributed by atoms with Gasteiger partial charge in [-0.15, -0.1) is 0 Å². The maximum absolute atomic E-state index is 11.2. The summed E-state index contributed by atoms with van der Waals surface area (Å²) in [5.41, 5.74) is 2.14. The van der Waals surface area contributed by atoms with E-state index in [1.807, 2.05) is 39.0 Å². The number of benzene rings is 1. The molecule has 20 heavy (non-hydrogen) atoms. The molecule has 5 heteroatoms. The topological polar surface area (TPSA) is 58.6 Å². The quantitative estimate of drug-likeness (QED) is 0.762. The molecule has 1 aromatic rings. The number of nitrogens with one attached hydrogen (secondary N) is 1. The highest BCUT2D eigenvalue weighted by atomic mass is 32.2. The van der Waals surface area contributed by atoms with Crippen molar-refractivity contribution in [2.45, 2.75) is 32.1 Å². The van der Waals surface area contributed by atoms with Crippen LogP contribution in [0.4, 0.5) is 0 Å². The lowest BCUT2D eigenvalue weighted by Crippen LogP contribution is -2.36. The molecule has 114 valence electrons. The van der Waals surface area contributed by atoms with Crippen molar-refractivity contribution in [3.63, 3.8) is 0 Å². The number of hydrogen-bond donors (Lipinski definition) is 2. The van der Waals surface area contributed by atoms with E-state index in [1.165, 1.54) is 0 Å². The van der Waals surface area contributed by atoms with E-state index in [0.29, 0.717) is 13.1 Å². The first-order valence-corrected chi connectivity index (χ1v) is 8.44. The lowest BCUT2D eigenvalue weighted by molar-refractivity contribution is 0.106. The van der Waals surface area contributed by atoms with Crippen LogP contribution in [0.1, 0.15) is 18.1 Å². The second kappa shape index (κ2) is 8.39. The lowest BCUT2D eigenvalue weighted by atomic mass is 10.1. The smallest absolute Gasteiger partial charge is 0.125 e. The zero-order valence-electron chi connectivity index (χ0n) is 12.7. The monoisotopic (exact) mass is 299 g/mol. The van der Waals surface area contributed by atoms with E-state index in [0.717, 1.165) is 16.9 Å². The van der Waals surface area contributed by atoms with Crippen molar-refractivity contribution in [2.75, 3.05) is 26.0 Å². The Kier molecular flexibility index (Phi) is 7.19. The highest BCUT2D eigenvalue weighted by Crippen LogP contribution is 2.22. The van der Waals surface area contributed by atoms with Crippen molar-refractivity contribution in [1.82, 2.24) is 5.32 Å². The van der Waals surface area contributed by atoms with Crippen LogP contribution in [0.2, 0.25) is 0 Å². The Hall–Kier alpha value is -0.910. The summed E-state index contributed by atoms with van der Waals surface area (Å²) >= 11 is 0. The first kappa shape index (κ1) is 17.1. The second-order valence-electron chi connectivity index (χ2n) is 5.15. The maximum Gasteiger partial charge on any atom is 0.125 e. The highest BCUT2D eigenvalue weighted by Gasteiger charge is 2.10. The van der Waals surface area contributed by atoms with Crippen molar-refractivity contribution in [3.8, 4) is 5.75 Å². The number of hydrogen-bond acceptors (Lipinski definition) is 4. The molecule has 0 aliphatic heterocycles. The molecule has 3 atom stereocenters. The Labute approximate surface area is 124 Å². The van der Waals surface area contributed by atoms with Gasteiger partial charge in [-0.05, 0) is 31.9 Å². The number of para-hydroxylation sites is 1. The zero-order valence-corrected chi connectivity index (χ0v) is 13.5. The number of aliphatic hydroxyl groups is 1. The Morgan fingerprint density at radius 2 is 1.90 bits per heavy atom. The summed E-state index contributed by atoms with van der Waals surface area (Å²) in [4.78, 5) is 0. The minimum absolute atomic E-state index is 0.0849. The molecular formula is C15H25NO3S. The van der Waals surface area contributed by atoms with E-state index >= 15 is 0 Å². The van der Waals surface area contributed by atoms with Gasteiger partial charge in [0, 0.05) is 35.4 Å². The third kappa shape index (κ3) is 5.61. The Bertz CT molecular complexity index is 430. The molecular weight excluding hydrogens is 274 g/mol. The Balaban J connectivity index is 2.33. The summed E-state index contributed by atoms with van der Waals surface area (Å²) in [7, 11) is -0.840. The summed E-state index contributed by atoms with van der Waals surface area (Å²) in [5, 5.41) is 13.1. The van der Waals surface area contributed by atoms with Crippen LogP contribution in [-0.4, -0.2) is 46.6 Å². The molecule has 3 unspecified atom stereocenters. The van der Waals surface area contributed by atoms with Gasteiger partial charge < -0.3 is 15.2 Å². The van der Waals surface area contributed by atoms with Crippen LogP contribution in [0.5, 0.6) is 5.75 Å². The van der Waals surface area contributed by atoms with Crippen LogP contribution >= 0.6 is 0 Å². The number of aliphatic hydroxyl groups excluding tert-OH is 1. The molecule has 0 saturated carbocycles. The fourth-order valence-corrected chi connectivity index (χ4v) is 2.19. The SMILES string of the molecule is Cc1cccc(C)c1OCC(O)CNCC(C)S(C)=O. The van der Waals surface area contributed by atoms with E-state index in [4.69, 9.17) is 4.74 Å². The fourth-order valence-electron chi connectivity index (χ4n) is 1.84. The predicted molar refractivity (Wildman–Crippen MR) is 83.8 cm³/mol. The summed E-state index contributed by atoms with van der Waals surface area (Å²) in [6.45, 7) is 7.22. The minimum atomic E-state index is -0.840. The summed E-state index contributed by atoms with van der Waals surface area (Å²) in [6, 6.07) is 5.97. The van der Waals surface area contributed by atoms with Gasteiger partial charge in [0.2, 0.25) is 0 Å². The van der Waals surface area contributed by atoms with Gasteiger partial charge in [-0.3, -0.25) is 4.21 Å². The van der Waals surface area contributed by atoms with Gasteiger partial charge in [0.25, 0.3) is 0 Å². The first-order chi connectivity index (χ1) is 9.41. The van der Waals surface area contributed by atoms with Crippen LogP contribution in [0.15, 0.2) is 18.2 Å². The van der Waals surface area contributed by atoms with Crippen molar-refractivity contribution >= 4 is 10.8 Å². The molecule has 0 spiro atoms. The third-order valence-corrected chi connectivity index (χ3v) is 4.51. The number of ether oxygens (including phenoxy) is 1. The summed E-state index contributed by atoms with van der Waals surface area (Å²) in [6.07, 6.45) is 1.11. The summed E-state index contributed by atoms with van der Waals surface area (Å²) in [5.74, 6) is 0.842. The molecule has 0 aromatic heterocycles. The van der Waals surface area contributed by atoms with Crippen molar-refractivity contribution in [1.29, 1.82) is 0 Å². The summed E-state index contributed by atoms with van der Waals surface area (Å²) < 4.78 is 16.9. The molecule has 0 fully saturated rings. The standard InChI is InChI=1S/C15H25NO3S/c1-11-6-5-7-12(2)15(11)19-10-14(17)9-16-8-13(3)20(4)18/h5-7,13-14,16-17H,8-10H2,1-4H3. The van der Waals surface area contributed by atoms with E-state index < -0.39 is 16.9 Å². The highest BCUT2D eigenvalue weighted by molar-refractivity contribution is 7.84. The predicted octanol–water partition coefficient (Wildman–Crippen LogP) is 1.40. The van der Waals surface area contributed by atoms with E-state index in [2.05, 4.69) is 5.32 Å². The molecule has 0 aliphatic rings. The van der Waals surface area contributed by atoms with Gasteiger partial charge in [0.05, 0.1) is 0 Å². The van der Waals surface area contributed by atoms with Crippen LogP contribution in [0.25, 0.3) is 0 Å². The minimum Gasteiger partial charge on any atom is -0.490 e. The van der Waals surface area contributed by atoms with Crippen LogP contribution < -0.4 is 10.1 Å². The van der Waals surface area contributed by atoms with Crippen LogP contribution in [-0.2, 0) is 10.8 Å². The van der Waals surface area contributed by atoms with Crippen LogP contribution in [0, 0.1) is 13.8 Å².